The van der Waals surface area contributed by atoms with Crippen LogP contribution in [0, 0.1) is 11.8 Å². The molecule has 1 N–H and O–H groups in total. The van der Waals surface area contributed by atoms with Crippen LogP contribution in [0.3, 0.4) is 0 Å². The van der Waals surface area contributed by atoms with Gasteiger partial charge in [0, 0.05) is 32.4 Å². The molecule has 7 nitrogen and oxygen atoms in total. The summed E-state index contributed by atoms with van der Waals surface area (Å²) in [5.41, 5.74) is 0.872. The second-order valence-corrected chi connectivity index (χ2v) is 6.57. The molecule has 2 aromatic rings. The molecule has 4 rings (SSSR count). The molecule has 1 unspecified atom stereocenters. The van der Waals surface area contributed by atoms with E-state index in [9.17, 15) is 4.79 Å². The molecule has 0 aromatic carbocycles. The Kier molecular flexibility index (Phi) is 3.36. The monoisotopic (exact) mass is 315 g/mol. The van der Waals surface area contributed by atoms with E-state index in [0.29, 0.717) is 17.9 Å². The zero-order valence-electron chi connectivity index (χ0n) is 13.4. The molecular weight excluding hydrogens is 294 g/mol. The normalized spacial score (nSPS) is 26.5. The third kappa shape index (κ3) is 2.31. The van der Waals surface area contributed by atoms with Crippen molar-refractivity contribution in [2.45, 2.75) is 18.9 Å². The zero-order valence-corrected chi connectivity index (χ0v) is 13.4. The Bertz CT molecular complexity index is 716. The van der Waals surface area contributed by atoms with Gasteiger partial charge in [-0.25, -0.2) is 14.8 Å². The molecule has 3 atom stereocenters. The fourth-order valence-electron chi connectivity index (χ4n) is 4.18. The lowest BCUT2D eigenvalue weighted by Gasteiger charge is -2.27. The molecule has 0 bridgehead atoms. The maximum atomic E-state index is 11.7. The van der Waals surface area contributed by atoms with Gasteiger partial charge in [0.05, 0.1) is 12.5 Å². The minimum Gasteiger partial charge on any atom is -0.453 e. The van der Waals surface area contributed by atoms with Crippen LogP contribution in [-0.2, 0) is 4.74 Å². The Hall–Kier alpha value is -2.31. The van der Waals surface area contributed by atoms with Gasteiger partial charge in [0.25, 0.3) is 0 Å². The lowest BCUT2D eigenvalue weighted by atomic mass is 10.0. The smallest absolute Gasteiger partial charge is 0.409 e. The number of fused-ring (bicyclic) bond motifs is 2. The number of ether oxygens (including phenoxy) is 1. The van der Waals surface area contributed by atoms with Crippen LogP contribution in [0.4, 0.5) is 10.6 Å². The number of hydrogen-bond donors (Lipinski definition) is 1. The maximum Gasteiger partial charge on any atom is 0.409 e. The number of anilines is 1. The molecule has 2 aliphatic rings. The van der Waals surface area contributed by atoms with E-state index in [-0.39, 0.29) is 6.09 Å². The van der Waals surface area contributed by atoms with E-state index >= 15 is 0 Å². The standard InChI is InChI=1S/C16H21N5O2/c1-20(15-13-3-4-17-14(13)18-9-19-15)12-5-10-7-21(16(22)23-2)8-11(10)6-12/h3-4,9-12H,5-8H2,1-2H3,(H,17,18,19)/t10-,11?,12+/m0/s1. The Labute approximate surface area is 134 Å². The molecule has 2 aromatic heterocycles. The van der Waals surface area contributed by atoms with Crippen LogP contribution in [0.25, 0.3) is 11.0 Å². The van der Waals surface area contributed by atoms with E-state index < -0.39 is 0 Å². The first kappa shape index (κ1) is 14.3. The summed E-state index contributed by atoms with van der Waals surface area (Å²) in [5.74, 6) is 2.10. The highest BCUT2D eigenvalue weighted by Crippen LogP contribution is 2.41. The molecule has 2 fully saturated rings. The quantitative estimate of drug-likeness (QED) is 0.916. The molecule has 1 aliphatic heterocycles. The predicted molar refractivity (Wildman–Crippen MR) is 86.3 cm³/mol. The largest absolute Gasteiger partial charge is 0.453 e. The van der Waals surface area contributed by atoms with E-state index in [1.807, 2.05) is 17.2 Å². The summed E-state index contributed by atoms with van der Waals surface area (Å²) in [6, 6.07) is 2.48. The molecule has 23 heavy (non-hydrogen) atoms. The summed E-state index contributed by atoms with van der Waals surface area (Å²) in [6.45, 7) is 1.62. The maximum absolute atomic E-state index is 11.7. The van der Waals surface area contributed by atoms with Gasteiger partial charge in [0.1, 0.15) is 17.8 Å². The SMILES string of the molecule is COC(=O)N1CC2C[C@H](N(C)c3ncnc4[nH]ccc34)C[C@H]2C1. The second kappa shape index (κ2) is 5.40. The van der Waals surface area contributed by atoms with Gasteiger partial charge in [-0.3, -0.25) is 0 Å². The van der Waals surface area contributed by atoms with Gasteiger partial charge in [0.2, 0.25) is 0 Å². The number of nitrogens with zero attached hydrogens (tertiary/aromatic N) is 4. The minimum absolute atomic E-state index is 0.200. The number of amides is 1. The first-order valence-corrected chi connectivity index (χ1v) is 8.01. The average Bonchev–Trinajstić information content (AvgIpc) is 3.26. The fraction of sp³-hybridized carbons (Fsp3) is 0.562. The molecule has 3 heterocycles. The van der Waals surface area contributed by atoms with Crippen LogP contribution in [0.5, 0.6) is 0 Å². The third-order valence-electron chi connectivity index (χ3n) is 5.37. The van der Waals surface area contributed by atoms with Gasteiger partial charge in [0.15, 0.2) is 0 Å². The van der Waals surface area contributed by atoms with Crippen molar-refractivity contribution in [3.05, 3.63) is 18.6 Å². The van der Waals surface area contributed by atoms with E-state index in [0.717, 1.165) is 42.8 Å². The fourth-order valence-corrected chi connectivity index (χ4v) is 4.18. The number of hydrogen-bond acceptors (Lipinski definition) is 5. The van der Waals surface area contributed by atoms with Gasteiger partial charge in [-0.1, -0.05) is 0 Å². The summed E-state index contributed by atoms with van der Waals surface area (Å²) >= 11 is 0. The van der Waals surface area contributed by atoms with Gasteiger partial charge in [-0.2, -0.15) is 0 Å². The second-order valence-electron chi connectivity index (χ2n) is 6.57. The molecule has 1 amide bonds. The highest BCUT2D eigenvalue weighted by molar-refractivity contribution is 5.87. The number of carbonyl (C=O) groups excluding carboxylic acids is 1. The number of aromatic nitrogens is 3. The summed E-state index contributed by atoms with van der Waals surface area (Å²) in [7, 11) is 3.56. The van der Waals surface area contributed by atoms with Gasteiger partial charge < -0.3 is 19.5 Å². The molecule has 0 radical (unpaired) electrons. The van der Waals surface area contributed by atoms with Crippen LogP contribution in [0.2, 0.25) is 0 Å². The van der Waals surface area contributed by atoms with Crippen molar-refractivity contribution in [2.24, 2.45) is 11.8 Å². The number of H-pyrrole nitrogens is 1. The summed E-state index contributed by atoms with van der Waals surface area (Å²) in [5, 5.41) is 1.06. The van der Waals surface area contributed by atoms with E-state index in [1.54, 1.807) is 6.33 Å². The van der Waals surface area contributed by atoms with Crippen LogP contribution < -0.4 is 4.90 Å². The van der Waals surface area contributed by atoms with E-state index in [4.69, 9.17) is 4.74 Å². The Morgan fingerprint density at radius 3 is 2.78 bits per heavy atom. The Morgan fingerprint density at radius 2 is 2.09 bits per heavy atom. The Morgan fingerprint density at radius 1 is 1.35 bits per heavy atom. The predicted octanol–water partition coefficient (Wildman–Crippen LogP) is 1.87. The molecule has 1 aliphatic carbocycles. The van der Waals surface area contributed by atoms with Crippen molar-refractivity contribution in [3.63, 3.8) is 0 Å². The average molecular weight is 315 g/mol. The lowest BCUT2D eigenvalue weighted by molar-refractivity contribution is 0.129. The third-order valence-corrected chi connectivity index (χ3v) is 5.37. The molecular formula is C16H21N5O2. The van der Waals surface area contributed by atoms with Crippen molar-refractivity contribution in [2.75, 3.05) is 32.1 Å². The van der Waals surface area contributed by atoms with Crippen molar-refractivity contribution < 1.29 is 9.53 Å². The highest BCUT2D eigenvalue weighted by Gasteiger charge is 2.44. The molecule has 122 valence electrons. The van der Waals surface area contributed by atoms with Crippen LogP contribution in [0.1, 0.15) is 12.8 Å². The van der Waals surface area contributed by atoms with Crippen molar-refractivity contribution >= 4 is 22.9 Å². The number of likely N-dealkylation sites (tertiary alicyclic amines) is 1. The molecule has 7 heteroatoms. The van der Waals surface area contributed by atoms with Crippen molar-refractivity contribution in [1.82, 2.24) is 19.9 Å². The topological polar surface area (TPSA) is 74.3 Å². The number of carbonyl (C=O) groups is 1. The minimum atomic E-state index is -0.200. The lowest BCUT2D eigenvalue weighted by Crippen LogP contribution is -2.34. The summed E-state index contributed by atoms with van der Waals surface area (Å²) < 4.78 is 4.84. The first-order valence-electron chi connectivity index (χ1n) is 8.01. The van der Waals surface area contributed by atoms with Crippen molar-refractivity contribution in [1.29, 1.82) is 0 Å². The number of aromatic amines is 1. The van der Waals surface area contributed by atoms with Crippen LogP contribution in [0.15, 0.2) is 18.6 Å². The van der Waals surface area contributed by atoms with Gasteiger partial charge >= 0.3 is 6.09 Å². The summed E-state index contributed by atoms with van der Waals surface area (Å²) in [4.78, 5) is 27.7. The van der Waals surface area contributed by atoms with Crippen molar-refractivity contribution in [3.8, 4) is 0 Å². The van der Waals surface area contributed by atoms with E-state index in [1.165, 1.54) is 7.11 Å². The summed E-state index contributed by atoms with van der Waals surface area (Å²) in [6.07, 6.45) is 5.48. The van der Waals surface area contributed by atoms with Gasteiger partial charge in [-0.05, 0) is 30.7 Å². The Balaban J connectivity index is 1.49. The van der Waals surface area contributed by atoms with Gasteiger partial charge in [-0.15, -0.1) is 0 Å². The highest BCUT2D eigenvalue weighted by atomic mass is 16.5. The number of rotatable bonds is 2. The zero-order chi connectivity index (χ0) is 16.0. The first-order chi connectivity index (χ1) is 11.2. The molecule has 0 spiro atoms. The van der Waals surface area contributed by atoms with Crippen LogP contribution >= 0.6 is 0 Å². The molecule has 1 saturated heterocycles. The van der Waals surface area contributed by atoms with E-state index in [2.05, 4.69) is 26.9 Å². The number of methoxy groups -OCH3 is 1. The number of nitrogens with one attached hydrogen (secondary N) is 1. The molecule has 1 saturated carbocycles. The van der Waals surface area contributed by atoms with Crippen LogP contribution in [-0.4, -0.2) is 59.2 Å².